The van der Waals surface area contributed by atoms with Crippen LogP contribution in [0.25, 0.3) is 0 Å². The summed E-state index contributed by atoms with van der Waals surface area (Å²) in [6.45, 7) is 2.01. The zero-order valence-corrected chi connectivity index (χ0v) is 8.01. The monoisotopic (exact) mass is 194 g/mol. The van der Waals surface area contributed by atoms with Gasteiger partial charge in [-0.15, -0.1) is 5.11 Å². The van der Waals surface area contributed by atoms with Gasteiger partial charge in [-0.3, -0.25) is 5.43 Å². The van der Waals surface area contributed by atoms with Crippen molar-refractivity contribution in [2.45, 2.75) is 6.92 Å². The maximum absolute atomic E-state index is 5.11. The lowest BCUT2D eigenvalue weighted by molar-refractivity contribution is 1.16. The van der Waals surface area contributed by atoms with Gasteiger partial charge in [0.05, 0.1) is 5.69 Å². The first-order valence-electron chi connectivity index (χ1n) is 3.71. The van der Waals surface area contributed by atoms with E-state index in [1.165, 1.54) is 5.56 Å². The highest BCUT2D eigenvalue weighted by atomic mass is 32.1. The van der Waals surface area contributed by atoms with Crippen LogP contribution < -0.4 is 11.2 Å². The number of benzene rings is 1. The Hall–Kier alpha value is -1.49. The molecule has 68 valence electrons. The van der Waals surface area contributed by atoms with Gasteiger partial charge >= 0.3 is 0 Å². The van der Waals surface area contributed by atoms with Gasteiger partial charge in [-0.05, 0) is 31.3 Å². The van der Waals surface area contributed by atoms with Gasteiger partial charge in [-0.1, -0.05) is 22.9 Å². The van der Waals surface area contributed by atoms with Crippen LogP contribution in [-0.2, 0) is 0 Å². The quantitative estimate of drug-likeness (QED) is 0.430. The van der Waals surface area contributed by atoms with E-state index >= 15 is 0 Å². The number of nitrogens with two attached hydrogens (primary N) is 1. The minimum absolute atomic E-state index is 0.0135. The summed E-state index contributed by atoms with van der Waals surface area (Å²) in [5, 5.41) is 7.06. The Morgan fingerprint density at radius 1 is 1.38 bits per heavy atom. The number of anilines is 1. The molecule has 0 saturated heterocycles. The summed E-state index contributed by atoms with van der Waals surface area (Å²) in [5.41, 5.74) is 9.85. The fourth-order valence-electron chi connectivity index (χ4n) is 0.760. The van der Waals surface area contributed by atoms with Crippen LogP contribution in [-0.4, -0.2) is 5.11 Å². The predicted molar refractivity (Wildman–Crippen MR) is 56.4 cm³/mol. The molecule has 0 heterocycles. The van der Waals surface area contributed by atoms with Gasteiger partial charge < -0.3 is 5.73 Å². The fourth-order valence-corrected chi connectivity index (χ4v) is 0.801. The number of rotatable bonds is 2. The van der Waals surface area contributed by atoms with Crippen molar-refractivity contribution in [1.82, 2.24) is 0 Å². The van der Waals surface area contributed by atoms with Crippen LogP contribution in [0.2, 0.25) is 0 Å². The Morgan fingerprint density at radius 2 is 2.00 bits per heavy atom. The van der Waals surface area contributed by atoms with E-state index in [0.29, 0.717) is 0 Å². The molecule has 13 heavy (non-hydrogen) atoms. The van der Waals surface area contributed by atoms with Crippen LogP contribution in [0.15, 0.2) is 34.6 Å². The first-order valence-corrected chi connectivity index (χ1v) is 4.12. The van der Waals surface area contributed by atoms with Crippen LogP contribution in [0.3, 0.4) is 0 Å². The molecule has 0 saturated carbocycles. The molecule has 0 spiro atoms. The molecule has 0 aliphatic carbocycles. The molecule has 0 aromatic heterocycles. The van der Waals surface area contributed by atoms with Gasteiger partial charge in [0.2, 0.25) is 5.11 Å². The molecule has 0 fully saturated rings. The van der Waals surface area contributed by atoms with Gasteiger partial charge in [0.25, 0.3) is 0 Å². The van der Waals surface area contributed by atoms with E-state index in [-0.39, 0.29) is 5.11 Å². The van der Waals surface area contributed by atoms with Crippen LogP contribution in [0.1, 0.15) is 5.56 Å². The van der Waals surface area contributed by atoms with Crippen LogP contribution in [0, 0.1) is 6.92 Å². The van der Waals surface area contributed by atoms with Crippen molar-refractivity contribution in [2.24, 2.45) is 16.1 Å². The Balaban J connectivity index is 2.55. The summed E-state index contributed by atoms with van der Waals surface area (Å²) in [7, 11) is 0. The second kappa shape index (κ2) is 4.51. The number of aryl methyl sites for hydroxylation is 1. The van der Waals surface area contributed by atoms with Crippen LogP contribution in [0.5, 0.6) is 0 Å². The normalized spacial score (nSPS) is 10.2. The van der Waals surface area contributed by atoms with Crippen molar-refractivity contribution in [3.63, 3.8) is 0 Å². The van der Waals surface area contributed by atoms with E-state index in [4.69, 9.17) is 5.73 Å². The van der Waals surface area contributed by atoms with Crippen LogP contribution >= 0.6 is 12.2 Å². The Bertz CT molecular complexity index is 317. The summed E-state index contributed by atoms with van der Waals surface area (Å²) in [4.78, 5) is 0. The van der Waals surface area contributed by atoms with E-state index < -0.39 is 0 Å². The number of hydrogen-bond acceptors (Lipinski definition) is 2. The second-order valence-corrected chi connectivity index (χ2v) is 2.93. The summed E-state index contributed by atoms with van der Waals surface area (Å²) in [6, 6.07) is 7.74. The smallest absolute Gasteiger partial charge is 0.213 e. The second-order valence-electron chi connectivity index (χ2n) is 2.52. The average Bonchev–Trinajstić information content (AvgIpc) is 2.08. The minimum atomic E-state index is 0.0135. The SMILES string of the molecule is Cc1ccc(N/N=N/C(N)=S)cc1. The van der Waals surface area contributed by atoms with Gasteiger partial charge in [-0.2, -0.15) is 0 Å². The van der Waals surface area contributed by atoms with Gasteiger partial charge in [0.15, 0.2) is 0 Å². The molecule has 0 atom stereocenters. The first kappa shape index (κ1) is 9.60. The maximum atomic E-state index is 5.11. The highest BCUT2D eigenvalue weighted by Gasteiger charge is 1.88. The third-order valence-corrected chi connectivity index (χ3v) is 1.46. The number of nitrogens with zero attached hydrogens (tertiary/aromatic N) is 2. The maximum Gasteiger partial charge on any atom is 0.213 e. The molecule has 0 aliphatic rings. The highest BCUT2D eigenvalue weighted by molar-refractivity contribution is 7.80. The van der Waals surface area contributed by atoms with Gasteiger partial charge in [-0.25, -0.2) is 0 Å². The Morgan fingerprint density at radius 3 is 2.54 bits per heavy atom. The molecule has 0 aliphatic heterocycles. The zero-order chi connectivity index (χ0) is 9.68. The topological polar surface area (TPSA) is 62.8 Å². The number of hydrogen-bond donors (Lipinski definition) is 2. The van der Waals surface area contributed by atoms with E-state index in [2.05, 4.69) is 28.0 Å². The Labute approximate surface area is 81.8 Å². The third kappa shape index (κ3) is 3.62. The lowest BCUT2D eigenvalue weighted by Gasteiger charge is -1.97. The minimum Gasteiger partial charge on any atom is -0.373 e. The molecular formula is C8H10N4S. The van der Waals surface area contributed by atoms with Gasteiger partial charge in [0.1, 0.15) is 0 Å². The van der Waals surface area contributed by atoms with E-state index in [0.717, 1.165) is 5.69 Å². The zero-order valence-electron chi connectivity index (χ0n) is 7.19. The average molecular weight is 194 g/mol. The van der Waals surface area contributed by atoms with E-state index in [1.807, 2.05) is 31.2 Å². The lowest BCUT2D eigenvalue weighted by atomic mass is 10.2. The van der Waals surface area contributed by atoms with Crippen molar-refractivity contribution < 1.29 is 0 Å². The molecule has 0 unspecified atom stereocenters. The molecule has 1 rings (SSSR count). The molecule has 5 heteroatoms. The highest BCUT2D eigenvalue weighted by Crippen LogP contribution is 2.07. The first-order chi connectivity index (χ1) is 6.18. The van der Waals surface area contributed by atoms with Crippen molar-refractivity contribution in [3.8, 4) is 0 Å². The lowest BCUT2D eigenvalue weighted by Crippen LogP contribution is -2.02. The fraction of sp³-hybridized carbons (Fsp3) is 0.125. The predicted octanol–water partition coefficient (Wildman–Crippen LogP) is 2.02. The standard InChI is InChI=1S/C8H10N4S/c1-6-2-4-7(5-3-6)10-12-11-8(9)13/h2-5H,1H3,(H3,9,10,11,13). The summed E-state index contributed by atoms with van der Waals surface area (Å²) in [6.07, 6.45) is 0. The van der Waals surface area contributed by atoms with Crippen molar-refractivity contribution in [2.75, 3.05) is 5.43 Å². The van der Waals surface area contributed by atoms with Crippen molar-refractivity contribution in [1.29, 1.82) is 0 Å². The Kier molecular flexibility index (Phi) is 3.33. The number of nitrogens with one attached hydrogen (secondary N) is 1. The molecule has 4 nitrogen and oxygen atoms in total. The molecule has 1 aromatic rings. The summed E-state index contributed by atoms with van der Waals surface area (Å²) >= 11 is 4.51. The molecular weight excluding hydrogens is 184 g/mol. The van der Waals surface area contributed by atoms with Gasteiger partial charge in [0, 0.05) is 0 Å². The van der Waals surface area contributed by atoms with E-state index in [9.17, 15) is 0 Å². The molecule has 0 radical (unpaired) electrons. The molecule has 0 bridgehead atoms. The summed E-state index contributed by atoms with van der Waals surface area (Å²) in [5.74, 6) is 0. The van der Waals surface area contributed by atoms with Crippen molar-refractivity contribution >= 4 is 23.0 Å². The van der Waals surface area contributed by atoms with Crippen LogP contribution in [0.4, 0.5) is 5.69 Å². The third-order valence-electron chi connectivity index (χ3n) is 1.38. The van der Waals surface area contributed by atoms with E-state index in [1.54, 1.807) is 0 Å². The number of thiocarbonyl (C=S) groups is 1. The molecule has 0 amide bonds. The molecule has 3 N–H and O–H groups in total. The molecule has 1 aromatic carbocycles. The summed E-state index contributed by atoms with van der Waals surface area (Å²) < 4.78 is 0. The largest absolute Gasteiger partial charge is 0.373 e. The van der Waals surface area contributed by atoms with Crippen molar-refractivity contribution in [3.05, 3.63) is 29.8 Å².